The number of cyclic esters (lactones) is 1. The molecule has 354 valence electrons. The van der Waals surface area contributed by atoms with E-state index in [-0.39, 0.29) is 37.3 Å². The quantitative estimate of drug-likeness (QED) is 0.241. The van der Waals surface area contributed by atoms with Crippen LogP contribution >= 0.6 is 0 Å². The Morgan fingerprint density at radius 2 is 1.58 bits per heavy atom. The van der Waals surface area contributed by atoms with E-state index in [2.05, 4.69) is 0 Å². The van der Waals surface area contributed by atoms with Crippen LogP contribution in [0.1, 0.15) is 101 Å². The van der Waals surface area contributed by atoms with Crippen LogP contribution in [0, 0.1) is 17.8 Å². The first-order chi connectivity index (χ1) is 28.7. The van der Waals surface area contributed by atoms with Crippen molar-refractivity contribution in [2.75, 3.05) is 34.8 Å². The first-order valence-corrected chi connectivity index (χ1v) is 22.6. The molecule has 62 heavy (non-hydrogen) atoms. The number of hydrogen-bond acceptors (Lipinski definition) is 14. The van der Waals surface area contributed by atoms with Gasteiger partial charge in [0.25, 0.3) is 0 Å². The number of aryl methyl sites for hydroxylation is 1. The SMILES string of the molecule is CC[C@H]1OC(=O)[C@H](C)[C@@H](O[C@H]2C[C@@](C)(OC)[C@@](O)(c3cc4ccccc4n3C)[C@H](C)O2)[C@H](C)[C@@H](O[C@@H]2O[C@H](C)C[C@H](N(C)C)[C@H]2O)[C@](C)(O)C[C@@H](C)CN(C)[C@H](C)[C@@H](O)[C@]1(C)O. The van der Waals surface area contributed by atoms with Crippen molar-refractivity contribution in [3.05, 3.63) is 36.0 Å². The van der Waals surface area contributed by atoms with E-state index < -0.39 is 95.5 Å². The zero-order valence-electron chi connectivity index (χ0n) is 39.9. The summed E-state index contributed by atoms with van der Waals surface area (Å²) in [4.78, 5) is 18.4. The predicted octanol–water partition coefficient (Wildman–Crippen LogP) is 3.92. The number of carbonyl (C=O) groups is 1. The van der Waals surface area contributed by atoms with E-state index >= 15 is 0 Å². The number of rotatable bonds is 8. The topological polar surface area (TPSA) is 185 Å². The number of likely N-dealkylation sites (N-methyl/N-ethyl adjacent to an activating group) is 2. The minimum absolute atomic E-state index is 0.0327. The number of aliphatic hydroxyl groups is 5. The Morgan fingerprint density at radius 3 is 2.18 bits per heavy atom. The van der Waals surface area contributed by atoms with Gasteiger partial charge in [-0.25, -0.2) is 0 Å². The van der Waals surface area contributed by atoms with Crippen molar-refractivity contribution in [1.29, 1.82) is 0 Å². The molecule has 5 rings (SSSR count). The normalized spacial score (nSPS) is 44.8. The third kappa shape index (κ3) is 9.66. The van der Waals surface area contributed by atoms with Gasteiger partial charge in [-0.05, 0) is 112 Å². The molecule has 0 saturated carbocycles. The van der Waals surface area contributed by atoms with Crippen LogP contribution in [0.5, 0.6) is 0 Å². The standard InChI is InChI=1S/C47H79N3O12/c1-16-36-46(10,55)40(52)30(6)49(13)25-26(2)23-44(8,54)41(62-43-38(51)34(48(11)12)21-27(3)58-43)28(4)39(29(5)42(53)60-36)61-37-24-45(9,57-15)47(56,31(7)59-37)35-22-32-19-17-18-20-33(32)50(35)14/h17-20,22,26-31,34,36-41,43,51-52,54-56H,16,21,23-25H2,1-15H3/t26-,27-,28+,29-,30-,31+,34+,36-,37+,38-,39+,40-,41-,43+,44-,45-,46-,47+/m1/s1. The van der Waals surface area contributed by atoms with Crippen molar-refractivity contribution < 1.29 is 58.7 Å². The maximum absolute atomic E-state index is 14.6. The van der Waals surface area contributed by atoms with Gasteiger partial charge in [0.05, 0.1) is 41.6 Å². The Bertz CT molecular complexity index is 1810. The summed E-state index contributed by atoms with van der Waals surface area (Å²) in [5.41, 5.74) is -4.83. The predicted molar refractivity (Wildman–Crippen MR) is 235 cm³/mol. The van der Waals surface area contributed by atoms with E-state index in [0.29, 0.717) is 18.7 Å². The summed E-state index contributed by atoms with van der Waals surface area (Å²) >= 11 is 0. The third-order valence-corrected chi connectivity index (χ3v) is 14.8. The third-order valence-electron chi connectivity index (χ3n) is 14.8. The zero-order valence-corrected chi connectivity index (χ0v) is 39.9. The lowest BCUT2D eigenvalue weighted by atomic mass is 9.73. The van der Waals surface area contributed by atoms with Gasteiger partial charge in [-0.1, -0.05) is 39.0 Å². The van der Waals surface area contributed by atoms with Gasteiger partial charge in [0.15, 0.2) is 18.2 Å². The second-order valence-electron chi connectivity index (χ2n) is 20.0. The minimum atomic E-state index is -1.83. The van der Waals surface area contributed by atoms with Crippen LogP contribution in [0.25, 0.3) is 10.9 Å². The van der Waals surface area contributed by atoms with E-state index in [4.69, 9.17) is 28.4 Å². The van der Waals surface area contributed by atoms with Gasteiger partial charge < -0.3 is 68.3 Å². The lowest BCUT2D eigenvalue weighted by Gasteiger charge is -2.53. The number of nitrogens with zero attached hydrogens (tertiary/aromatic N) is 3. The molecule has 3 fully saturated rings. The molecule has 15 heteroatoms. The minimum Gasteiger partial charge on any atom is -0.459 e. The molecule has 3 saturated heterocycles. The molecule has 0 bridgehead atoms. The summed E-state index contributed by atoms with van der Waals surface area (Å²) in [7, 11) is 9.06. The molecule has 5 N–H and O–H groups in total. The monoisotopic (exact) mass is 878 g/mol. The maximum Gasteiger partial charge on any atom is 0.311 e. The van der Waals surface area contributed by atoms with E-state index in [9.17, 15) is 30.3 Å². The average Bonchev–Trinajstić information content (AvgIpc) is 3.55. The van der Waals surface area contributed by atoms with Crippen molar-refractivity contribution in [2.45, 2.75) is 185 Å². The number of benzene rings is 1. The summed E-state index contributed by atoms with van der Waals surface area (Å²) in [6, 6.07) is 8.95. The Labute approximate surface area is 369 Å². The highest BCUT2D eigenvalue weighted by Crippen LogP contribution is 2.49. The molecule has 3 aliphatic rings. The van der Waals surface area contributed by atoms with Gasteiger partial charge in [-0.2, -0.15) is 0 Å². The maximum atomic E-state index is 14.6. The molecule has 1 aromatic heterocycles. The highest BCUT2D eigenvalue weighted by Gasteiger charge is 2.60. The van der Waals surface area contributed by atoms with Crippen molar-refractivity contribution in [1.82, 2.24) is 14.4 Å². The molecule has 0 amide bonds. The van der Waals surface area contributed by atoms with Gasteiger partial charge >= 0.3 is 5.97 Å². The molecule has 15 nitrogen and oxygen atoms in total. The molecule has 2 aromatic rings. The fourth-order valence-corrected chi connectivity index (χ4v) is 10.9. The Kier molecular flexibility index (Phi) is 15.8. The van der Waals surface area contributed by atoms with E-state index in [0.717, 1.165) is 10.9 Å². The van der Waals surface area contributed by atoms with Crippen LogP contribution in [0.15, 0.2) is 30.3 Å². The fourth-order valence-electron chi connectivity index (χ4n) is 10.9. The van der Waals surface area contributed by atoms with Crippen LogP contribution in [0.3, 0.4) is 0 Å². The zero-order chi connectivity index (χ0) is 46.4. The Morgan fingerprint density at radius 1 is 0.935 bits per heavy atom. The highest BCUT2D eigenvalue weighted by atomic mass is 16.7. The Balaban J connectivity index is 1.60. The van der Waals surface area contributed by atoms with Crippen molar-refractivity contribution in [3.63, 3.8) is 0 Å². The van der Waals surface area contributed by atoms with Crippen molar-refractivity contribution >= 4 is 16.9 Å². The van der Waals surface area contributed by atoms with Crippen LogP contribution < -0.4 is 0 Å². The van der Waals surface area contributed by atoms with Gasteiger partial charge in [0.1, 0.15) is 29.5 Å². The van der Waals surface area contributed by atoms with Gasteiger partial charge in [-0.15, -0.1) is 0 Å². The molecular formula is C47H79N3O12. The number of hydrogen-bond donors (Lipinski definition) is 5. The number of aromatic nitrogens is 1. The van der Waals surface area contributed by atoms with Gasteiger partial charge in [0, 0.05) is 50.6 Å². The second-order valence-corrected chi connectivity index (χ2v) is 20.0. The first kappa shape index (κ1) is 50.7. The van der Waals surface area contributed by atoms with Crippen molar-refractivity contribution in [3.8, 4) is 0 Å². The van der Waals surface area contributed by atoms with Crippen LogP contribution in [-0.2, 0) is 45.9 Å². The van der Waals surface area contributed by atoms with Gasteiger partial charge in [0.2, 0.25) is 0 Å². The lowest BCUT2D eigenvalue weighted by Crippen LogP contribution is -2.65. The average molecular weight is 878 g/mol. The number of carbonyl (C=O) groups excluding carboxylic acids is 1. The molecule has 0 radical (unpaired) electrons. The molecule has 0 aliphatic carbocycles. The molecule has 18 atom stereocenters. The number of para-hydroxylation sites is 1. The molecule has 4 heterocycles. The number of aliphatic hydroxyl groups excluding tert-OH is 2. The Hall–Kier alpha value is -2.25. The molecule has 0 spiro atoms. The van der Waals surface area contributed by atoms with Crippen molar-refractivity contribution in [2.24, 2.45) is 24.8 Å². The highest BCUT2D eigenvalue weighted by molar-refractivity contribution is 5.81. The van der Waals surface area contributed by atoms with E-state index in [1.165, 1.54) is 6.92 Å². The summed E-state index contributed by atoms with van der Waals surface area (Å²) in [6.07, 6.45) is -7.98. The summed E-state index contributed by atoms with van der Waals surface area (Å²) in [5.74, 6) is -2.74. The molecule has 1 aromatic carbocycles. The molecular weight excluding hydrogens is 799 g/mol. The van der Waals surface area contributed by atoms with E-state index in [1.54, 1.807) is 41.7 Å². The van der Waals surface area contributed by atoms with Crippen LogP contribution in [0.2, 0.25) is 0 Å². The number of methoxy groups -OCH3 is 1. The summed E-state index contributed by atoms with van der Waals surface area (Å²) in [6.45, 7) is 18.2. The van der Waals surface area contributed by atoms with Gasteiger partial charge in [-0.3, -0.25) is 4.79 Å². The lowest BCUT2D eigenvalue weighted by molar-refractivity contribution is -0.342. The largest absolute Gasteiger partial charge is 0.459 e. The summed E-state index contributed by atoms with van der Waals surface area (Å²) in [5, 5.41) is 61.7. The second kappa shape index (κ2) is 19.3. The molecule has 0 unspecified atom stereocenters. The fraction of sp³-hybridized carbons (Fsp3) is 0.809. The smallest absolute Gasteiger partial charge is 0.311 e. The van der Waals surface area contributed by atoms with Crippen LogP contribution in [-0.4, -0.2) is 165 Å². The van der Waals surface area contributed by atoms with E-state index in [1.807, 2.05) is 101 Å². The number of fused-ring (bicyclic) bond motifs is 1. The first-order valence-electron chi connectivity index (χ1n) is 22.6. The summed E-state index contributed by atoms with van der Waals surface area (Å²) < 4.78 is 41.0. The molecule has 3 aliphatic heterocycles. The van der Waals surface area contributed by atoms with Crippen LogP contribution in [0.4, 0.5) is 0 Å². The number of esters is 1. The number of ether oxygens (including phenoxy) is 6.